The molecule has 0 N–H and O–H groups in total. The van der Waals surface area contributed by atoms with E-state index in [1.54, 1.807) is 36.4 Å². The van der Waals surface area contributed by atoms with E-state index in [-0.39, 0.29) is 6.61 Å². The molecule has 0 saturated carbocycles. The topological polar surface area (TPSA) is 9.23 Å². The molecule has 104 valence electrons. The first kappa shape index (κ1) is 15.5. The second-order valence-electron chi connectivity index (χ2n) is 4.09. The van der Waals surface area contributed by atoms with Crippen LogP contribution >= 0.6 is 46.4 Å². The maximum absolute atomic E-state index is 6.11. The van der Waals surface area contributed by atoms with Gasteiger partial charge in [-0.15, -0.1) is 0 Å². The summed E-state index contributed by atoms with van der Waals surface area (Å²) in [7, 11) is 0. The largest absolute Gasteiger partial charge is 0.487 e. The van der Waals surface area contributed by atoms with Crippen molar-refractivity contribution in [3.63, 3.8) is 0 Å². The Morgan fingerprint density at radius 3 is 2.10 bits per heavy atom. The van der Waals surface area contributed by atoms with Gasteiger partial charge in [0.1, 0.15) is 12.4 Å². The van der Waals surface area contributed by atoms with Crippen LogP contribution in [0.25, 0.3) is 5.57 Å². The van der Waals surface area contributed by atoms with Crippen LogP contribution in [0.15, 0.2) is 43.0 Å². The molecule has 0 bridgehead atoms. The van der Waals surface area contributed by atoms with Crippen LogP contribution in [0.1, 0.15) is 5.56 Å². The molecule has 0 aliphatic heterocycles. The van der Waals surface area contributed by atoms with Gasteiger partial charge in [-0.3, -0.25) is 0 Å². The SMILES string of the molecule is C=C(COc1ccc(Cl)cc1Cl)c1ccc(Cl)cc1Cl. The van der Waals surface area contributed by atoms with E-state index in [0.717, 1.165) is 11.1 Å². The average Bonchev–Trinajstić information content (AvgIpc) is 2.37. The van der Waals surface area contributed by atoms with E-state index in [0.29, 0.717) is 25.8 Å². The molecular formula is C15H10Cl4O. The van der Waals surface area contributed by atoms with E-state index in [1.807, 2.05) is 0 Å². The maximum atomic E-state index is 6.11. The molecule has 0 radical (unpaired) electrons. The predicted octanol–water partition coefficient (Wildman–Crippen LogP) is 6.39. The highest BCUT2D eigenvalue weighted by Gasteiger charge is 2.08. The number of hydrogen-bond donors (Lipinski definition) is 0. The fourth-order valence-electron chi connectivity index (χ4n) is 1.61. The first-order valence-electron chi connectivity index (χ1n) is 5.68. The van der Waals surface area contributed by atoms with E-state index in [4.69, 9.17) is 51.1 Å². The fraction of sp³-hybridized carbons (Fsp3) is 0.0667. The monoisotopic (exact) mass is 346 g/mol. The third-order valence-electron chi connectivity index (χ3n) is 2.61. The number of benzene rings is 2. The van der Waals surface area contributed by atoms with E-state index in [9.17, 15) is 0 Å². The summed E-state index contributed by atoms with van der Waals surface area (Å²) in [6.45, 7) is 4.22. The smallest absolute Gasteiger partial charge is 0.138 e. The Balaban J connectivity index is 2.08. The van der Waals surface area contributed by atoms with Crippen LogP contribution in [-0.4, -0.2) is 6.61 Å². The van der Waals surface area contributed by atoms with Crippen LogP contribution in [-0.2, 0) is 0 Å². The highest BCUT2D eigenvalue weighted by Crippen LogP contribution is 2.30. The van der Waals surface area contributed by atoms with Gasteiger partial charge in [0.25, 0.3) is 0 Å². The van der Waals surface area contributed by atoms with Crippen LogP contribution in [0.3, 0.4) is 0 Å². The fourth-order valence-corrected chi connectivity index (χ4v) is 2.62. The summed E-state index contributed by atoms with van der Waals surface area (Å²) in [4.78, 5) is 0. The van der Waals surface area contributed by atoms with Crippen molar-refractivity contribution in [2.24, 2.45) is 0 Å². The van der Waals surface area contributed by atoms with Gasteiger partial charge in [-0.2, -0.15) is 0 Å². The van der Waals surface area contributed by atoms with Gasteiger partial charge in [0, 0.05) is 15.1 Å². The van der Waals surface area contributed by atoms with E-state index in [2.05, 4.69) is 6.58 Å². The molecule has 0 heterocycles. The summed E-state index contributed by atoms with van der Waals surface area (Å²) < 4.78 is 5.61. The molecule has 0 fully saturated rings. The zero-order valence-corrected chi connectivity index (χ0v) is 13.3. The van der Waals surface area contributed by atoms with Crippen molar-refractivity contribution in [2.75, 3.05) is 6.61 Å². The number of ether oxygens (including phenoxy) is 1. The van der Waals surface area contributed by atoms with Crippen LogP contribution in [0.5, 0.6) is 5.75 Å². The second kappa shape index (κ2) is 6.73. The van der Waals surface area contributed by atoms with Crippen molar-refractivity contribution in [2.45, 2.75) is 0 Å². The zero-order chi connectivity index (χ0) is 14.7. The minimum atomic E-state index is 0.267. The molecule has 0 aliphatic carbocycles. The molecule has 0 atom stereocenters. The minimum absolute atomic E-state index is 0.267. The summed E-state index contributed by atoms with van der Waals surface area (Å²) in [5.74, 6) is 0.544. The molecule has 2 rings (SSSR count). The molecule has 0 spiro atoms. The van der Waals surface area contributed by atoms with Crippen molar-refractivity contribution < 1.29 is 4.74 Å². The van der Waals surface area contributed by atoms with Crippen molar-refractivity contribution in [1.29, 1.82) is 0 Å². The normalized spacial score (nSPS) is 10.4. The molecule has 2 aromatic rings. The van der Waals surface area contributed by atoms with Crippen LogP contribution < -0.4 is 4.74 Å². The molecular weight excluding hydrogens is 338 g/mol. The number of hydrogen-bond acceptors (Lipinski definition) is 1. The Morgan fingerprint density at radius 2 is 1.50 bits per heavy atom. The van der Waals surface area contributed by atoms with E-state index < -0.39 is 0 Å². The standard InChI is InChI=1S/C15H10Cl4O/c1-9(12-4-2-10(16)6-13(12)18)8-20-15-5-3-11(17)7-14(15)19/h2-7H,1,8H2. The molecule has 0 aromatic heterocycles. The zero-order valence-electron chi connectivity index (χ0n) is 10.3. The third kappa shape index (κ3) is 3.83. The van der Waals surface area contributed by atoms with Gasteiger partial charge in [-0.05, 0) is 41.5 Å². The summed E-state index contributed by atoms with van der Waals surface area (Å²) in [6, 6.07) is 10.3. The lowest BCUT2D eigenvalue weighted by Gasteiger charge is -2.11. The Morgan fingerprint density at radius 1 is 0.900 bits per heavy atom. The predicted molar refractivity (Wildman–Crippen MR) is 87.5 cm³/mol. The molecule has 20 heavy (non-hydrogen) atoms. The Hall–Kier alpha value is -0.860. The summed E-state index contributed by atoms with van der Waals surface area (Å²) in [6.07, 6.45) is 0. The minimum Gasteiger partial charge on any atom is -0.487 e. The van der Waals surface area contributed by atoms with Crippen LogP contribution in [0.2, 0.25) is 20.1 Å². The van der Waals surface area contributed by atoms with Gasteiger partial charge < -0.3 is 4.74 Å². The van der Waals surface area contributed by atoms with Gasteiger partial charge in [0.15, 0.2) is 0 Å². The number of halogens is 4. The third-order valence-corrected chi connectivity index (χ3v) is 3.69. The van der Waals surface area contributed by atoms with Crippen LogP contribution in [0.4, 0.5) is 0 Å². The molecule has 2 aromatic carbocycles. The Kier molecular flexibility index (Phi) is 5.22. The molecule has 1 nitrogen and oxygen atoms in total. The van der Waals surface area contributed by atoms with E-state index >= 15 is 0 Å². The van der Waals surface area contributed by atoms with Gasteiger partial charge in [-0.1, -0.05) is 59.0 Å². The van der Waals surface area contributed by atoms with Crippen molar-refractivity contribution in [3.05, 3.63) is 68.6 Å². The highest BCUT2D eigenvalue weighted by atomic mass is 35.5. The lowest BCUT2D eigenvalue weighted by Crippen LogP contribution is -2.00. The lowest BCUT2D eigenvalue weighted by molar-refractivity contribution is 0.370. The molecule has 0 aliphatic rings. The van der Waals surface area contributed by atoms with Gasteiger partial charge in [0.2, 0.25) is 0 Å². The van der Waals surface area contributed by atoms with Gasteiger partial charge in [0.05, 0.1) is 5.02 Å². The first-order chi connectivity index (χ1) is 9.47. The molecule has 0 amide bonds. The Bertz CT molecular complexity index is 652. The summed E-state index contributed by atoms with van der Waals surface area (Å²) >= 11 is 23.8. The van der Waals surface area contributed by atoms with Crippen molar-refractivity contribution >= 4 is 52.0 Å². The molecule has 0 saturated heterocycles. The van der Waals surface area contributed by atoms with Gasteiger partial charge >= 0.3 is 0 Å². The quantitative estimate of drug-likeness (QED) is 0.622. The van der Waals surface area contributed by atoms with Gasteiger partial charge in [-0.25, -0.2) is 0 Å². The number of rotatable bonds is 4. The van der Waals surface area contributed by atoms with Crippen LogP contribution in [0, 0.1) is 0 Å². The Labute approximate surface area is 137 Å². The lowest BCUT2D eigenvalue weighted by atomic mass is 10.1. The summed E-state index contributed by atoms with van der Waals surface area (Å²) in [5.41, 5.74) is 1.53. The first-order valence-corrected chi connectivity index (χ1v) is 7.19. The maximum Gasteiger partial charge on any atom is 0.138 e. The molecule has 0 unspecified atom stereocenters. The summed E-state index contributed by atoms with van der Waals surface area (Å²) in [5, 5.41) is 2.12. The van der Waals surface area contributed by atoms with E-state index in [1.165, 1.54) is 0 Å². The van der Waals surface area contributed by atoms with Crippen molar-refractivity contribution in [1.82, 2.24) is 0 Å². The molecule has 5 heteroatoms. The van der Waals surface area contributed by atoms with Crippen molar-refractivity contribution in [3.8, 4) is 5.75 Å². The average molecular weight is 348 g/mol. The second-order valence-corrected chi connectivity index (χ2v) is 5.78. The highest BCUT2D eigenvalue weighted by molar-refractivity contribution is 6.36.